The zero-order chi connectivity index (χ0) is 22.6. The number of hydrogen-bond acceptors (Lipinski definition) is 3. The van der Waals surface area contributed by atoms with Crippen molar-refractivity contribution in [1.82, 2.24) is 15.2 Å². The van der Waals surface area contributed by atoms with Gasteiger partial charge in [-0.1, -0.05) is 60.7 Å². The Bertz CT molecular complexity index is 1280. The second kappa shape index (κ2) is 9.59. The van der Waals surface area contributed by atoms with Gasteiger partial charge in [-0.05, 0) is 53.8 Å². The van der Waals surface area contributed by atoms with Crippen molar-refractivity contribution in [2.75, 3.05) is 6.54 Å². The first-order valence-corrected chi connectivity index (χ1v) is 11.9. The predicted molar refractivity (Wildman–Crippen MR) is 137 cm³/mol. The summed E-state index contributed by atoms with van der Waals surface area (Å²) in [6.07, 6.45) is 6.38. The lowest BCUT2D eigenvalue weighted by Crippen LogP contribution is -2.39. The topological polar surface area (TPSA) is 78.8 Å². The number of nitrogens with zero attached hydrogens (tertiary/aromatic N) is 1. The lowest BCUT2D eigenvalue weighted by Gasteiger charge is -2.28. The summed E-state index contributed by atoms with van der Waals surface area (Å²) in [7, 11) is 0. The highest BCUT2D eigenvalue weighted by atomic mass is 15.2. The number of aryl methyl sites for hydroxylation is 1. The third-order valence-corrected chi connectivity index (χ3v) is 6.77. The molecule has 0 aliphatic carbocycles. The molecule has 0 bridgehead atoms. The molecule has 33 heavy (non-hydrogen) atoms. The quantitative estimate of drug-likeness (QED) is 0.216. The zero-order valence-corrected chi connectivity index (χ0v) is 18.9. The fourth-order valence-electron chi connectivity index (χ4n) is 4.96. The van der Waals surface area contributed by atoms with E-state index < -0.39 is 0 Å². The maximum atomic E-state index is 8.97. The van der Waals surface area contributed by atoms with Gasteiger partial charge in [-0.15, -0.1) is 0 Å². The molecule has 1 aromatic heterocycles. The largest absolute Gasteiger partial charge is 0.361 e. The lowest BCUT2D eigenvalue weighted by atomic mass is 10.0. The molecule has 5 nitrogen and oxygen atoms in total. The highest BCUT2D eigenvalue weighted by Gasteiger charge is 2.22. The van der Waals surface area contributed by atoms with E-state index in [0.717, 1.165) is 30.5 Å². The molecule has 1 fully saturated rings. The Balaban J connectivity index is 1.37. The first kappa shape index (κ1) is 21.4. The van der Waals surface area contributed by atoms with Crippen molar-refractivity contribution in [3.63, 3.8) is 0 Å². The summed E-state index contributed by atoms with van der Waals surface area (Å²) >= 11 is 0. The summed E-state index contributed by atoms with van der Waals surface area (Å²) in [6, 6.07) is 23.4. The smallest absolute Gasteiger partial charge is 0.103 e. The van der Waals surface area contributed by atoms with Crippen molar-refractivity contribution in [2.24, 2.45) is 0 Å². The second-order valence-corrected chi connectivity index (χ2v) is 8.97. The van der Waals surface area contributed by atoms with Crippen LogP contribution in [0.25, 0.3) is 21.7 Å². The Hall–Kier alpha value is -3.44. The molecule has 1 aliphatic heterocycles. The maximum absolute atomic E-state index is 8.97. The predicted octanol–water partition coefficient (Wildman–Crippen LogP) is 5.85. The molecular weight excluding hydrogens is 406 g/mol. The van der Waals surface area contributed by atoms with E-state index in [2.05, 4.69) is 77.2 Å². The van der Waals surface area contributed by atoms with Gasteiger partial charge in [0.1, 0.15) is 11.7 Å². The Labute approximate surface area is 194 Å². The number of para-hydroxylation sites is 1. The SMILES string of the molecule is N=C(CCc1c[nH]c2ccccc12)N(Cc1cccc2ccccc12)C(=N)CC1CCCN1. The molecule has 1 atom stereocenters. The number of nitrogens with one attached hydrogen (secondary N) is 4. The summed E-state index contributed by atoms with van der Waals surface area (Å²) in [4.78, 5) is 5.26. The van der Waals surface area contributed by atoms with E-state index in [1.54, 1.807) is 0 Å². The van der Waals surface area contributed by atoms with E-state index in [-0.39, 0.29) is 0 Å². The molecule has 168 valence electrons. The molecule has 4 N–H and O–H groups in total. The minimum absolute atomic E-state index is 0.342. The van der Waals surface area contributed by atoms with Crippen molar-refractivity contribution in [3.05, 3.63) is 84.1 Å². The van der Waals surface area contributed by atoms with Crippen molar-refractivity contribution in [1.29, 1.82) is 10.8 Å². The van der Waals surface area contributed by atoms with Crippen molar-refractivity contribution in [2.45, 2.75) is 44.7 Å². The molecule has 0 spiro atoms. The lowest BCUT2D eigenvalue weighted by molar-refractivity contribution is 0.534. The summed E-state index contributed by atoms with van der Waals surface area (Å²) in [5.74, 6) is 1.04. The monoisotopic (exact) mass is 437 g/mol. The van der Waals surface area contributed by atoms with Crippen molar-refractivity contribution >= 4 is 33.3 Å². The van der Waals surface area contributed by atoms with Crippen LogP contribution in [0.3, 0.4) is 0 Å². The van der Waals surface area contributed by atoms with Gasteiger partial charge in [-0.25, -0.2) is 0 Å². The summed E-state index contributed by atoms with van der Waals surface area (Å²) in [6.45, 7) is 1.58. The summed E-state index contributed by atoms with van der Waals surface area (Å²) in [5.41, 5.74) is 3.52. The van der Waals surface area contributed by atoms with Crippen LogP contribution in [-0.4, -0.2) is 34.1 Å². The Kier molecular flexibility index (Phi) is 6.22. The van der Waals surface area contributed by atoms with Gasteiger partial charge in [-0.2, -0.15) is 0 Å². The number of aromatic nitrogens is 1. The normalized spacial score (nSPS) is 15.8. The third-order valence-electron chi connectivity index (χ3n) is 6.77. The summed E-state index contributed by atoms with van der Waals surface area (Å²) < 4.78 is 0. The first-order chi connectivity index (χ1) is 16.2. The average molecular weight is 438 g/mol. The highest BCUT2D eigenvalue weighted by Crippen LogP contribution is 2.23. The fraction of sp³-hybridized carbons (Fsp3) is 0.286. The van der Waals surface area contributed by atoms with E-state index in [0.29, 0.717) is 37.1 Å². The molecule has 2 heterocycles. The van der Waals surface area contributed by atoms with Crippen LogP contribution >= 0.6 is 0 Å². The van der Waals surface area contributed by atoms with Gasteiger partial charge in [-0.3, -0.25) is 10.8 Å². The molecule has 0 amide bonds. The van der Waals surface area contributed by atoms with Crippen LogP contribution in [0.15, 0.2) is 72.9 Å². The second-order valence-electron chi connectivity index (χ2n) is 8.97. The minimum atomic E-state index is 0.342. The molecule has 1 saturated heterocycles. The van der Waals surface area contributed by atoms with Gasteiger partial charge in [0.25, 0.3) is 0 Å². The van der Waals surface area contributed by atoms with E-state index in [1.165, 1.54) is 28.1 Å². The van der Waals surface area contributed by atoms with Crippen LogP contribution in [0, 0.1) is 10.8 Å². The number of hydrogen-bond donors (Lipinski definition) is 4. The van der Waals surface area contributed by atoms with Crippen molar-refractivity contribution < 1.29 is 0 Å². The standard InChI is InChI=1S/C28H31N5/c29-27(15-14-21-18-32-26-13-4-3-12-25(21)26)33(28(30)17-23-10-6-16-31-23)19-22-9-5-8-20-7-1-2-11-24(20)22/h1-5,7-9,11-13,18,23,29-32H,6,10,14-17,19H2. The molecule has 3 aromatic carbocycles. The molecule has 1 unspecified atom stereocenters. The Morgan fingerprint density at radius 3 is 2.52 bits per heavy atom. The van der Waals surface area contributed by atoms with Crippen LogP contribution in [-0.2, 0) is 13.0 Å². The van der Waals surface area contributed by atoms with Gasteiger partial charge >= 0.3 is 0 Å². The molecular formula is C28H31N5. The Morgan fingerprint density at radius 1 is 0.879 bits per heavy atom. The minimum Gasteiger partial charge on any atom is -0.361 e. The molecule has 1 aliphatic rings. The van der Waals surface area contributed by atoms with Crippen LogP contribution in [0.5, 0.6) is 0 Å². The van der Waals surface area contributed by atoms with E-state index in [1.807, 2.05) is 11.0 Å². The van der Waals surface area contributed by atoms with Crippen LogP contribution in [0.2, 0.25) is 0 Å². The van der Waals surface area contributed by atoms with Gasteiger partial charge in [0, 0.05) is 36.0 Å². The molecule has 5 rings (SSSR count). The third kappa shape index (κ3) is 4.69. The number of rotatable bonds is 7. The number of H-pyrrole nitrogens is 1. The Morgan fingerprint density at radius 2 is 1.67 bits per heavy atom. The van der Waals surface area contributed by atoms with Crippen LogP contribution < -0.4 is 5.32 Å². The van der Waals surface area contributed by atoms with Gasteiger partial charge in [0.15, 0.2) is 0 Å². The van der Waals surface area contributed by atoms with Crippen LogP contribution in [0.1, 0.15) is 36.8 Å². The van der Waals surface area contributed by atoms with Gasteiger partial charge in [0.2, 0.25) is 0 Å². The fourth-order valence-corrected chi connectivity index (χ4v) is 4.96. The number of amidine groups is 2. The molecule has 0 radical (unpaired) electrons. The molecule has 0 saturated carbocycles. The maximum Gasteiger partial charge on any atom is 0.103 e. The molecule has 5 heteroatoms. The van der Waals surface area contributed by atoms with Crippen molar-refractivity contribution in [3.8, 4) is 0 Å². The number of aromatic amines is 1. The number of fused-ring (bicyclic) bond motifs is 2. The van der Waals surface area contributed by atoms with Gasteiger partial charge < -0.3 is 15.2 Å². The van der Waals surface area contributed by atoms with E-state index >= 15 is 0 Å². The van der Waals surface area contributed by atoms with E-state index in [4.69, 9.17) is 10.8 Å². The highest BCUT2D eigenvalue weighted by molar-refractivity contribution is 5.99. The van der Waals surface area contributed by atoms with E-state index in [9.17, 15) is 0 Å². The van der Waals surface area contributed by atoms with Crippen LogP contribution in [0.4, 0.5) is 0 Å². The molecule has 4 aromatic rings. The zero-order valence-electron chi connectivity index (χ0n) is 18.9. The average Bonchev–Trinajstić information content (AvgIpc) is 3.51. The first-order valence-electron chi connectivity index (χ1n) is 11.9. The van der Waals surface area contributed by atoms with Gasteiger partial charge in [0.05, 0.1) is 6.54 Å². The summed E-state index contributed by atoms with van der Waals surface area (Å²) in [5, 5.41) is 25.0. The number of benzene rings is 3.